The van der Waals surface area contributed by atoms with Gasteiger partial charge in [-0.1, -0.05) is 19.8 Å². The first kappa shape index (κ1) is 19.7. The van der Waals surface area contributed by atoms with Crippen LogP contribution in [-0.4, -0.2) is 67.0 Å². The van der Waals surface area contributed by atoms with Crippen molar-refractivity contribution in [1.82, 2.24) is 14.2 Å². The standard InChI is InChI=1S/C17H28N4O3S2/c1-2-3-4-12-26(23,24)21-10-8-20(9-11-21)13-16(22)19-17-18-14-6-5-7-15(14)25-17/h2-13H2,1H3,(H,18,19,22). The molecule has 1 fully saturated rings. The van der Waals surface area contributed by atoms with Gasteiger partial charge >= 0.3 is 0 Å². The molecule has 0 saturated carbocycles. The van der Waals surface area contributed by atoms with Crippen LogP contribution >= 0.6 is 11.3 Å². The lowest BCUT2D eigenvalue weighted by Crippen LogP contribution is -2.50. The van der Waals surface area contributed by atoms with Crippen molar-refractivity contribution in [3.63, 3.8) is 0 Å². The van der Waals surface area contributed by atoms with Crippen molar-refractivity contribution < 1.29 is 13.2 Å². The van der Waals surface area contributed by atoms with Crippen molar-refractivity contribution in [3.05, 3.63) is 10.6 Å². The second-order valence-electron chi connectivity index (χ2n) is 6.99. The van der Waals surface area contributed by atoms with Gasteiger partial charge in [0.15, 0.2) is 5.13 Å². The molecule has 1 amide bonds. The van der Waals surface area contributed by atoms with E-state index in [1.54, 1.807) is 15.6 Å². The minimum Gasteiger partial charge on any atom is -0.301 e. The fourth-order valence-corrected chi connectivity index (χ4v) is 6.05. The van der Waals surface area contributed by atoms with Crippen LogP contribution < -0.4 is 5.32 Å². The Kier molecular flexibility index (Phi) is 6.65. The second kappa shape index (κ2) is 8.77. The van der Waals surface area contributed by atoms with Crippen LogP contribution in [-0.2, 0) is 27.7 Å². The van der Waals surface area contributed by atoms with Crippen LogP contribution in [0.1, 0.15) is 43.2 Å². The van der Waals surface area contributed by atoms with Crippen molar-refractivity contribution in [2.45, 2.75) is 45.4 Å². The molecule has 3 rings (SSSR count). The van der Waals surface area contributed by atoms with Gasteiger partial charge < -0.3 is 5.32 Å². The molecule has 0 atom stereocenters. The van der Waals surface area contributed by atoms with Crippen LogP contribution in [0, 0.1) is 0 Å². The maximum atomic E-state index is 12.3. The molecule has 0 unspecified atom stereocenters. The van der Waals surface area contributed by atoms with E-state index in [0.717, 1.165) is 44.2 Å². The number of nitrogens with one attached hydrogen (secondary N) is 1. The van der Waals surface area contributed by atoms with Gasteiger partial charge in [-0.2, -0.15) is 4.31 Å². The number of sulfonamides is 1. The first-order valence-electron chi connectivity index (χ1n) is 9.46. The van der Waals surface area contributed by atoms with Crippen molar-refractivity contribution in [1.29, 1.82) is 0 Å². The van der Waals surface area contributed by atoms with E-state index in [2.05, 4.69) is 17.2 Å². The Hall–Kier alpha value is -1.03. The summed E-state index contributed by atoms with van der Waals surface area (Å²) >= 11 is 1.58. The summed E-state index contributed by atoms with van der Waals surface area (Å²) in [5.74, 6) is 0.160. The number of fused-ring (bicyclic) bond motifs is 1. The van der Waals surface area contributed by atoms with E-state index in [1.165, 1.54) is 4.88 Å². The van der Waals surface area contributed by atoms with Crippen molar-refractivity contribution in [2.75, 3.05) is 43.8 Å². The third kappa shape index (κ3) is 5.03. The highest BCUT2D eigenvalue weighted by Gasteiger charge is 2.27. The number of amides is 1. The molecule has 9 heteroatoms. The lowest BCUT2D eigenvalue weighted by Gasteiger charge is -2.33. The number of carbonyl (C=O) groups excluding carboxylic acids is 1. The highest BCUT2D eigenvalue weighted by molar-refractivity contribution is 7.89. The number of thiazole rings is 1. The van der Waals surface area contributed by atoms with E-state index < -0.39 is 10.0 Å². The number of unbranched alkanes of at least 4 members (excludes halogenated alkanes) is 2. The molecule has 2 aliphatic rings. The normalized spacial score (nSPS) is 18.8. The van der Waals surface area contributed by atoms with Crippen molar-refractivity contribution in [3.8, 4) is 0 Å². The van der Waals surface area contributed by atoms with E-state index in [1.807, 2.05) is 4.90 Å². The number of aromatic nitrogens is 1. The zero-order valence-electron chi connectivity index (χ0n) is 15.4. The Morgan fingerprint density at radius 3 is 2.65 bits per heavy atom. The van der Waals surface area contributed by atoms with Crippen LogP contribution in [0.3, 0.4) is 0 Å². The van der Waals surface area contributed by atoms with Gasteiger partial charge in [0, 0.05) is 31.1 Å². The van der Waals surface area contributed by atoms with Crippen LogP contribution in [0.4, 0.5) is 5.13 Å². The molecule has 146 valence electrons. The molecule has 0 bridgehead atoms. The molecule has 0 radical (unpaired) electrons. The summed E-state index contributed by atoms with van der Waals surface area (Å²) in [6.07, 6.45) is 5.92. The number of piperazine rings is 1. The monoisotopic (exact) mass is 400 g/mol. The summed E-state index contributed by atoms with van der Waals surface area (Å²) in [7, 11) is -3.16. The van der Waals surface area contributed by atoms with Gasteiger partial charge in [0.25, 0.3) is 0 Å². The molecule has 7 nitrogen and oxygen atoms in total. The average Bonchev–Trinajstić information content (AvgIpc) is 3.16. The molecule has 0 spiro atoms. The van der Waals surface area contributed by atoms with Gasteiger partial charge in [0.1, 0.15) is 0 Å². The minimum absolute atomic E-state index is 0.0725. The number of hydrogen-bond acceptors (Lipinski definition) is 6. The van der Waals surface area contributed by atoms with E-state index in [-0.39, 0.29) is 18.2 Å². The van der Waals surface area contributed by atoms with Crippen molar-refractivity contribution >= 4 is 32.4 Å². The highest BCUT2D eigenvalue weighted by Crippen LogP contribution is 2.30. The summed E-state index contributed by atoms with van der Waals surface area (Å²) in [5, 5.41) is 3.58. The Bertz CT molecular complexity index is 703. The van der Waals surface area contributed by atoms with Gasteiger partial charge in [0.05, 0.1) is 18.0 Å². The number of rotatable bonds is 8. The lowest BCUT2D eigenvalue weighted by atomic mass is 10.3. The van der Waals surface area contributed by atoms with Crippen LogP contribution in [0.25, 0.3) is 0 Å². The molecule has 0 aromatic carbocycles. The average molecular weight is 401 g/mol. The molecule has 2 heterocycles. The predicted octanol–water partition coefficient (Wildman–Crippen LogP) is 1.71. The molecule has 1 aliphatic heterocycles. The molecular weight excluding hydrogens is 372 g/mol. The molecule has 1 aliphatic carbocycles. The Labute approximate surface area is 159 Å². The van der Waals surface area contributed by atoms with Crippen LogP contribution in [0.2, 0.25) is 0 Å². The summed E-state index contributed by atoms with van der Waals surface area (Å²) in [6, 6.07) is 0. The van der Waals surface area contributed by atoms with E-state index in [4.69, 9.17) is 0 Å². The molecule has 1 aromatic rings. The number of anilines is 1. The topological polar surface area (TPSA) is 82.6 Å². The van der Waals surface area contributed by atoms with Gasteiger partial charge in [-0.25, -0.2) is 13.4 Å². The zero-order chi connectivity index (χ0) is 18.6. The fraction of sp³-hybridized carbons (Fsp3) is 0.765. The predicted molar refractivity (Wildman–Crippen MR) is 104 cm³/mol. The van der Waals surface area contributed by atoms with E-state index in [0.29, 0.717) is 31.3 Å². The van der Waals surface area contributed by atoms with Gasteiger partial charge in [-0.15, -0.1) is 11.3 Å². The highest BCUT2D eigenvalue weighted by atomic mass is 32.2. The first-order valence-corrected chi connectivity index (χ1v) is 11.9. The maximum absolute atomic E-state index is 12.3. The summed E-state index contributed by atoms with van der Waals surface area (Å²) in [4.78, 5) is 20.0. The number of aryl methyl sites for hydroxylation is 2. The number of carbonyl (C=O) groups is 1. The first-order chi connectivity index (χ1) is 12.5. The largest absolute Gasteiger partial charge is 0.301 e. The minimum atomic E-state index is -3.16. The third-order valence-corrected chi connectivity index (χ3v) is 7.97. The van der Waals surface area contributed by atoms with Crippen molar-refractivity contribution in [2.24, 2.45) is 0 Å². The Balaban J connectivity index is 1.42. The van der Waals surface area contributed by atoms with E-state index >= 15 is 0 Å². The number of nitrogens with zero attached hydrogens (tertiary/aromatic N) is 3. The number of hydrogen-bond donors (Lipinski definition) is 1. The summed E-state index contributed by atoms with van der Waals surface area (Å²) in [6.45, 7) is 4.47. The smallest absolute Gasteiger partial charge is 0.240 e. The Morgan fingerprint density at radius 1 is 1.19 bits per heavy atom. The SMILES string of the molecule is CCCCCS(=O)(=O)N1CCN(CC(=O)Nc2nc3c(s2)CCC3)CC1. The lowest BCUT2D eigenvalue weighted by molar-refractivity contribution is -0.117. The molecular formula is C17H28N4O3S2. The van der Waals surface area contributed by atoms with Gasteiger partial charge in [-0.3, -0.25) is 9.69 Å². The molecule has 1 N–H and O–H groups in total. The fourth-order valence-electron chi connectivity index (χ4n) is 3.44. The van der Waals surface area contributed by atoms with E-state index in [9.17, 15) is 13.2 Å². The summed E-state index contributed by atoms with van der Waals surface area (Å²) in [5.41, 5.74) is 1.13. The molecule has 1 aromatic heterocycles. The zero-order valence-corrected chi connectivity index (χ0v) is 17.0. The second-order valence-corrected chi connectivity index (χ2v) is 10.2. The molecule has 26 heavy (non-hydrogen) atoms. The quantitative estimate of drug-likeness (QED) is 0.672. The van der Waals surface area contributed by atoms with Crippen LogP contribution in [0.15, 0.2) is 0 Å². The maximum Gasteiger partial charge on any atom is 0.240 e. The third-order valence-electron chi connectivity index (χ3n) is 4.94. The van der Waals surface area contributed by atoms with Gasteiger partial charge in [-0.05, 0) is 25.7 Å². The molecule has 1 saturated heterocycles. The Morgan fingerprint density at radius 2 is 1.96 bits per heavy atom. The summed E-state index contributed by atoms with van der Waals surface area (Å²) < 4.78 is 26.2. The van der Waals surface area contributed by atoms with Gasteiger partial charge in [0.2, 0.25) is 15.9 Å². The van der Waals surface area contributed by atoms with Crippen LogP contribution in [0.5, 0.6) is 0 Å².